The van der Waals surface area contributed by atoms with Crippen molar-refractivity contribution in [2.24, 2.45) is 11.3 Å². The molecule has 2 saturated carbocycles. The number of carboxylic acid groups (broad SMARTS) is 1. The molecule has 3 nitrogen and oxygen atoms in total. The fourth-order valence-corrected chi connectivity index (χ4v) is 2.34. The van der Waals surface area contributed by atoms with Crippen molar-refractivity contribution in [2.45, 2.75) is 25.4 Å². The maximum atomic E-state index is 10.8. The quantitative estimate of drug-likeness (QED) is 0.645. The van der Waals surface area contributed by atoms with Crippen molar-refractivity contribution in [1.29, 1.82) is 0 Å². The Morgan fingerprint density at radius 2 is 2.45 bits per heavy atom. The molecule has 0 unspecified atom stereocenters. The van der Waals surface area contributed by atoms with Gasteiger partial charge in [-0.1, -0.05) is 0 Å². The monoisotopic (exact) mass is 156 g/mol. The zero-order chi connectivity index (χ0) is 8.06. The molecule has 62 valence electrons. The summed E-state index contributed by atoms with van der Waals surface area (Å²) in [5.74, 6) is -0.313. The van der Waals surface area contributed by atoms with Crippen LogP contribution in [0.3, 0.4) is 0 Å². The van der Waals surface area contributed by atoms with Gasteiger partial charge in [-0.05, 0) is 19.3 Å². The summed E-state index contributed by atoms with van der Waals surface area (Å²) in [6.45, 7) is 0. The topological polar surface area (TPSA) is 46.5 Å². The predicted molar refractivity (Wildman–Crippen MR) is 38.2 cm³/mol. The van der Waals surface area contributed by atoms with Gasteiger partial charge in [0.15, 0.2) is 0 Å². The van der Waals surface area contributed by atoms with E-state index in [4.69, 9.17) is 9.84 Å². The Balaban J connectivity index is 2.10. The van der Waals surface area contributed by atoms with Gasteiger partial charge in [-0.25, -0.2) is 0 Å². The highest BCUT2D eigenvalue weighted by Gasteiger charge is 2.67. The SMILES string of the molecule is CO[C@H]1CC[C@@]2(C(=O)O)C[C@@H]12. The summed E-state index contributed by atoms with van der Waals surface area (Å²) in [4.78, 5) is 10.8. The van der Waals surface area contributed by atoms with Crippen molar-refractivity contribution in [1.82, 2.24) is 0 Å². The summed E-state index contributed by atoms with van der Waals surface area (Å²) in [7, 11) is 1.67. The second-order valence-corrected chi connectivity index (χ2v) is 3.58. The summed E-state index contributed by atoms with van der Waals surface area (Å²) >= 11 is 0. The second-order valence-electron chi connectivity index (χ2n) is 3.58. The number of fused-ring (bicyclic) bond motifs is 1. The fraction of sp³-hybridized carbons (Fsp3) is 0.875. The van der Waals surface area contributed by atoms with Crippen LogP contribution in [0.2, 0.25) is 0 Å². The average molecular weight is 156 g/mol. The molecule has 0 aromatic rings. The first-order chi connectivity index (χ1) is 5.20. The minimum atomic E-state index is -0.623. The van der Waals surface area contributed by atoms with E-state index in [1.807, 2.05) is 0 Å². The Morgan fingerprint density at radius 1 is 1.73 bits per heavy atom. The van der Waals surface area contributed by atoms with Crippen LogP contribution in [0.1, 0.15) is 19.3 Å². The maximum Gasteiger partial charge on any atom is 0.310 e. The molecule has 2 aliphatic rings. The number of carbonyl (C=O) groups is 1. The third kappa shape index (κ3) is 0.745. The summed E-state index contributed by atoms with van der Waals surface area (Å²) in [5, 5.41) is 8.87. The Morgan fingerprint density at radius 3 is 2.73 bits per heavy atom. The zero-order valence-electron chi connectivity index (χ0n) is 6.54. The van der Waals surface area contributed by atoms with E-state index in [0.29, 0.717) is 5.92 Å². The number of methoxy groups -OCH3 is 1. The van der Waals surface area contributed by atoms with Crippen LogP contribution in [-0.4, -0.2) is 24.3 Å². The van der Waals surface area contributed by atoms with E-state index in [-0.39, 0.29) is 11.5 Å². The zero-order valence-corrected chi connectivity index (χ0v) is 6.54. The van der Waals surface area contributed by atoms with Gasteiger partial charge in [0.2, 0.25) is 0 Å². The van der Waals surface area contributed by atoms with Gasteiger partial charge < -0.3 is 9.84 Å². The number of rotatable bonds is 2. The van der Waals surface area contributed by atoms with Crippen LogP contribution in [0, 0.1) is 11.3 Å². The lowest BCUT2D eigenvalue weighted by Gasteiger charge is -2.06. The molecule has 0 bridgehead atoms. The second kappa shape index (κ2) is 1.97. The van der Waals surface area contributed by atoms with E-state index in [1.54, 1.807) is 7.11 Å². The summed E-state index contributed by atoms with van der Waals surface area (Å²) in [6.07, 6.45) is 2.78. The summed E-state index contributed by atoms with van der Waals surface area (Å²) in [6, 6.07) is 0. The molecule has 0 aromatic heterocycles. The van der Waals surface area contributed by atoms with Crippen LogP contribution in [-0.2, 0) is 9.53 Å². The lowest BCUT2D eigenvalue weighted by molar-refractivity contribution is -0.143. The van der Waals surface area contributed by atoms with Crippen molar-refractivity contribution in [2.75, 3.05) is 7.11 Å². The smallest absolute Gasteiger partial charge is 0.310 e. The highest BCUT2D eigenvalue weighted by atomic mass is 16.5. The molecular formula is C8H12O3. The minimum Gasteiger partial charge on any atom is -0.481 e. The third-order valence-corrected chi connectivity index (χ3v) is 3.19. The van der Waals surface area contributed by atoms with Crippen molar-refractivity contribution in [3.8, 4) is 0 Å². The normalized spacial score (nSPS) is 47.0. The molecule has 0 aromatic carbocycles. The van der Waals surface area contributed by atoms with Gasteiger partial charge >= 0.3 is 5.97 Å². The van der Waals surface area contributed by atoms with Gasteiger partial charge in [-0.3, -0.25) is 4.79 Å². The highest BCUT2D eigenvalue weighted by Crippen LogP contribution is 2.64. The number of aliphatic carboxylic acids is 1. The average Bonchev–Trinajstić information content (AvgIpc) is 2.61. The Kier molecular flexibility index (Phi) is 1.27. The molecule has 0 amide bonds. The van der Waals surface area contributed by atoms with Gasteiger partial charge in [0.25, 0.3) is 0 Å². The van der Waals surface area contributed by atoms with E-state index in [2.05, 4.69) is 0 Å². The minimum absolute atomic E-state index is 0.214. The number of hydrogen-bond donors (Lipinski definition) is 1. The van der Waals surface area contributed by atoms with Gasteiger partial charge in [0.05, 0.1) is 11.5 Å². The number of carboxylic acids is 1. The van der Waals surface area contributed by atoms with Crippen LogP contribution in [0.15, 0.2) is 0 Å². The Hall–Kier alpha value is -0.570. The first-order valence-corrected chi connectivity index (χ1v) is 3.97. The van der Waals surface area contributed by atoms with Crippen molar-refractivity contribution in [3.63, 3.8) is 0 Å². The van der Waals surface area contributed by atoms with Crippen LogP contribution < -0.4 is 0 Å². The van der Waals surface area contributed by atoms with E-state index in [0.717, 1.165) is 19.3 Å². The van der Waals surface area contributed by atoms with Gasteiger partial charge in [-0.15, -0.1) is 0 Å². The van der Waals surface area contributed by atoms with E-state index < -0.39 is 5.97 Å². The molecule has 2 rings (SSSR count). The Bertz CT molecular complexity index is 202. The van der Waals surface area contributed by atoms with Crippen molar-refractivity contribution < 1.29 is 14.6 Å². The predicted octanol–water partition coefficient (Wildman–Crippen LogP) is 0.886. The third-order valence-electron chi connectivity index (χ3n) is 3.19. The summed E-state index contributed by atoms with van der Waals surface area (Å²) < 4.78 is 5.18. The molecule has 0 spiro atoms. The molecule has 1 N–H and O–H groups in total. The molecule has 3 atom stereocenters. The highest BCUT2D eigenvalue weighted by molar-refractivity contribution is 5.79. The van der Waals surface area contributed by atoms with E-state index in [9.17, 15) is 4.79 Å². The number of hydrogen-bond acceptors (Lipinski definition) is 2. The van der Waals surface area contributed by atoms with Gasteiger partial charge in [-0.2, -0.15) is 0 Å². The van der Waals surface area contributed by atoms with Crippen LogP contribution >= 0.6 is 0 Å². The summed E-state index contributed by atoms with van der Waals surface area (Å²) in [5.41, 5.74) is -0.374. The lowest BCUT2D eigenvalue weighted by atomic mass is 10.1. The van der Waals surface area contributed by atoms with Crippen LogP contribution in [0.5, 0.6) is 0 Å². The standard InChI is InChI=1S/C8H12O3/c1-11-6-2-3-8(7(9)10)4-5(6)8/h5-6H,2-4H2,1H3,(H,9,10)/t5-,6-,8+/m0/s1. The van der Waals surface area contributed by atoms with E-state index in [1.165, 1.54) is 0 Å². The van der Waals surface area contributed by atoms with Crippen molar-refractivity contribution in [3.05, 3.63) is 0 Å². The van der Waals surface area contributed by atoms with E-state index >= 15 is 0 Å². The molecule has 0 saturated heterocycles. The molecule has 2 fully saturated rings. The number of ether oxygens (including phenoxy) is 1. The largest absolute Gasteiger partial charge is 0.481 e. The molecular weight excluding hydrogens is 144 g/mol. The maximum absolute atomic E-state index is 10.8. The Labute approximate surface area is 65.4 Å². The molecule has 0 aliphatic heterocycles. The molecule has 11 heavy (non-hydrogen) atoms. The van der Waals surface area contributed by atoms with Crippen molar-refractivity contribution >= 4 is 5.97 Å². The van der Waals surface area contributed by atoms with Crippen LogP contribution in [0.4, 0.5) is 0 Å². The molecule has 0 radical (unpaired) electrons. The van der Waals surface area contributed by atoms with Gasteiger partial charge in [0.1, 0.15) is 0 Å². The first kappa shape index (κ1) is 7.10. The lowest BCUT2D eigenvalue weighted by Crippen LogP contribution is -2.14. The molecule has 0 heterocycles. The van der Waals surface area contributed by atoms with Gasteiger partial charge in [0, 0.05) is 13.0 Å². The first-order valence-electron chi connectivity index (χ1n) is 3.97. The fourth-order valence-electron chi connectivity index (χ4n) is 2.34. The molecule has 2 aliphatic carbocycles. The van der Waals surface area contributed by atoms with Crippen LogP contribution in [0.25, 0.3) is 0 Å². The molecule has 3 heteroatoms.